The molecule has 28 heavy (non-hydrogen) atoms. The third kappa shape index (κ3) is 6.84. The van der Waals surface area contributed by atoms with Crippen LogP contribution >= 0.6 is 0 Å². The van der Waals surface area contributed by atoms with Crippen LogP contribution in [0.5, 0.6) is 0 Å². The zero-order chi connectivity index (χ0) is 20.6. The molecule has 1 fully saturated rings. The Morgan fingerprint density at radius 1 is 1.18 bits per heavy atom. The largest absolute Gasteiger partial charge is 0.379 e. The van der Waals surface area contributed by atoms with E-state index in [2.05, 4.69) is 11.8 Å². The molecule has 0 spiro atoms. The van der Waals surface area contributed by atoms with Gasteiger partial charge in [-0.05, 0) is 31.0 Å². The van der Waals surface area contributed by atoms with Crippen LogP contribution < -0.4 is 5.14 Å². The van der Waals surface area contributed by atoms with E-state index in [-0.39, 0.29) is 10.8 Å². The highest BCUT2D eigenvalue weighted by Gasteiger charge is 2.21. The van der Waals surface area contributed by atoms with Crippen molar-refractivity contribution in [2.24, 2.45) is 5.14 Å². The quantitative estimate of drug-likeness (QED) is 0.595. The highest BCUT2D eigenvalue weighted by atomic mass is 32.2. The smallest absolute Gasteiger partial charge is 0.254 e. The van der Waals surface area contributed by atoms with Crippen LogP contribution in [-0.4, -0.2) is 70.1 Å². The summed E-state index contributed by atoms with van der Waals surface area (Å²) >= 11 is 0. The highest BCUT2D eigenvalue weighted by Crippen LogP contribution is 2.17. The van der Waals surface area contributed by atoms with Gasteiger partial charge in [-0.25, -0.2) is 13.6 Å². The van der Waals surface area contributed by atoms with Gasteiger partial charge in [0.15, 0.2) is 0 Å². The summed E-state index contributed by atoms with van der Waals surface area (Å²) in [5.41, 5.74) is 1.16. The van der Waals surface area contributed by atoms with Gasteiger partial charge in [-0.1, -0.05) is 32.3 Å². The molecule has 0 unspecified atom stereocenters. The molecule has 0 aromatic heterocycles. The van der Waals surface area contributed by atoms with Gasteiger partial charge in [0.2, 0.25) is 10.0 Å². The van der Waals surface area contributed by atoms with Gasteiger partial charge in [0, 0.05) is 38.3 Å². The van der Waals surface area contributed by atoms with E-state index in [1.807, 2.05) is 11.8 Å². The summed E-state index contributed by atoms with van der Waals surface area (Å²) in [6.07, 6.45) is 4.30. The molecule has 2 N–H and O–H groups in total. The number of nitrogens with zero attached hydrogens (tertiary/aromatic N) is 2. The van der Waals surface area contributed by atoms with E-state index in [9.17, 15) is 13.2 Å². The Labute approximate surface area is 168 Å². The fourth-order valence-electron chi connectivity index (χ4n) is 3.31. The van der Waals surface area contributed by atoms with Gasteiger partial charge in [-0.2, -0.15) is 0 Å². The second-order valence-corrected chi connectivity index (χ2v) is 8.89. The number of benzene rings is 1. The molecule has 1 amide bonds. The number of carbonyl (C=O) groups excluding carboxylic acids is 1. The lowest BCUT2D eigenvalue weighted by Gasteiger charge is -2.30. The first-order chi connectivity index (χ1) is 13.3. The van der Waals surface area contributed by atoms with Gasteiger partial charge in [0.05, 0.1) is 18.1 Å². The molecule has 1 aromatic carbocycles. The maximum Gasteiger partial charge on any atom is 0.254 e. The molecule has 1 aliphatic rings. The molecule has 0 atom stereocenters. The summed E-state index contributed by atoms with van der Waals surface area (Å²) in [7, 11) is -3.85. The number of sulfonamides is 1. The number of hydrogen-bond donors (Lipinski definition) is 1. The lowest BCUT2D eigenvalue weighted by Crippen LogP contribution is -2.43. The summed E-state index contributed by atoms with van der Waals surface area (Å²) in [6.45, 7) is 9.24. The summed E-state index contributed by atoms with van der Waals surface area (Å²) in [5, 5.41) is 5.25. The number of unbranched alkanes of at least 4 members (excludes halogenated alkanes) is 3. The molecular formula is C20H33N3O4S. The van der Waals surface area contributed by atoms with Gasteiger partial charge in [0.1, 0.15) is 0 Å². The molecule has 1 aliphatic heterocycles. The number of primary sulfonamides is 1. The first-order valence-corrected chi connectivity index (χ1v) is 11.6. The van der Waals surface area contributed by atoms with E-state index in [0.717, 1.165) is 64.1 Å². The average molecular weight is 412 g/mol. The third-order valence-electron chi connectivity index (χ3n) is 5.13. The standard InChI is InChI=1S/C20H33N3O4S/c1-3-4-5-6-9-23(11-10-22-12-14-27-15-13-22)20(24)19-16-18(28(21,25)26)8-7-17(19)2/h7-8,16H,3-6,9-15H2,1-2H3,(H2,21,25,26). The zero-order valence-electron chi connectivity index (χ0n) is 17.0. The van der Waals surface area contributed by atoms with Gasteiger partial charge in [-0.15, -0.1) is 0 Å². The van der Waals surface area contributed by atoms with Crippen molar-refractivity contribution in [1.29, 1.82) is 0 Å². The Bertz CT molecular complexity index is 746. The molecule has 158 valence electrons. The molecule has 1 saturated heterocycles. The van der Waals surface area contributed by atoms with E-state index >= 15 is 0 Å². The predicted molar refractivity (Wildman–Crippen MR) is 110 cm³/mol. The van der Waals surface area contributed by atoms with E-state index in [1.54, 1.807) is 6.07 Å². The number of hydrogen-bond acceptors (Lipinski definition) is 5. The molecule has 1 heterocycles. The second kappa shape index (κ2) is 10.9. The minimum absolute atomic E-state index is 0.0273. The minimum atomic E-state index is -3.85. The number of morpholine rings is 1. The molecule has 0 aliphatic carbocycles. The van der Waals surface area contributed by atoms with Crippen LogP contribution in [-0.2, 0) is 14.8 Å². The minimum Gasteiger partial charge on any atom is -0.379 e. The van der Waals surface area contributed by atoms with Crippen molar-refractivity contribution >= 4 is 15.9 Å². The average Bonchev–Trinajstić information content (AvgIpc) is 2.67. The fourth-order valence-corrected chi connectivity index (χ4v) is 3.85. The highest BCUT2D eigenvalue weighted by molar-refractivity contribution is 7.89. The molecule has 0 radical (unpaired) electrons. The second-order valence-electron chi connectivity index (χ2n) is 7.33. The number of ether oxygens (including phenoxy) is 1. The lowest BCUT2D eigenvalue weighted by molar-refractivity contribution is 0.0324. The van der Waals surface area contributed by atoms with Gasteiger partial charge < -0.3 is 9.64 Å². The maximum atomic E-state index is 13.2. The van der Waals surface area contributed by atoms with E-state index < -0.39 is 10.0 Å². The molecule has 2 rings (SSSR count). The molecule has 7 nitrogen and oxygen atoms in total. The number of amides is 1. The van der Waals surface area contributed by atoms with Crippen LogP contribution in [0.1, 0.15) is 48.5 Å². The van der Waals surface area contributed by atoms with Crippen LogP contribution in [0, 0.1) is 6.92 Å². The summed E-state index contributed by atoms with van der Waals surface area (Å²) in [6, 6.07) is 4.49. The first-order valence-electron chi connectivity index (χ1n) is 10.1. The summed E-state index contributed by atoms with van der Waals surface area (Å²) in [4.78, 5) is 17.3. The number of aryl methyl sites for hydroxylation is 1. The van der Waals surface area contributed by atoms with E-state index in [4.69, 9.17) is 9.88 Å². The number of carbonyl (C=O) groups is 1. The molecular weight excluding hydrogens is 378 g/mol. The van der Waals surface area contributed by atoms with Gasteiger partial charge in [0.25, 0.3) is 5.91 Å². The van der Waals surface area contributed by atoms with Crippen molar-refractivity contribution in [3.05, 3.63) is 29.3 Å². The molecule has 0 saturated carbocycles. The normalized spacial score (nSPS) is 15.5. The summed E-state index contributed by atoms with van der Waals surface area (Å²) in [5.74, 6) is -0.132. The van der Waals surface area contributed by atoms with Crippen LogP contribution in [0.2, 0.25) is 0 Å². The first kappa shape index (κ1) is 22.8. The van der Waals surface area contributed by atoms with E-state index in [0.29, 0.717) is 18.7 Å². The van der Waals surface area contributed by atoms with Crippen molar-refractivity contribution < 1.29 is 17.9 Å². The van der Waals surface area contributed by atoms with Crippen molar-refractivity contribution in [1.82, 2.24) is 9.80 Å². The van der Waals surface area contributed by atoms with Gasteiger partial charge in [-0.3, -0.25) is 9.69 Å². The predicted octanol–water partition coefficient (Wildman–Crippen LogP) is 2.00. The summed E-state index contributed by atoms with van der Waals surface area (Å²) < 4.78 is 28.8. The Morgan fingerprint density at radius 3 is 2.54 bits per heavy atom. The molecule has 1 aromatic rings. The van der Waals surface area contributed by atoms with Crippen molar-refractivity contribution in [2.45, 2.75) is 44.4 Å². The topological polar surface area (TPSA) is 92.9 Å². The Balaban J connectivity index is 2.14. The van der Waals surface area contributed by atoms with Crippen molar-refractivity contribution in [3.8, 4) is 0 Å². The number of rotatable bonds is 10. The Hall–Kier alpha value is -1.48. The Morgan fingerprint density at radius 2 is 1.89 bits per heavy atom. The Kier molecular flexibility index (Phi) is 8.88. The molecule has 8 heteroatoms. The van der Waals surface area contributed by atoms with Crippen molar-refractivity contribution in [3.63, 3.8) is 0 Å². The number of nitrogens with two attached hydrogens (primary N) is 1. The third-order valence-corrected chi connectivity index (χ3v) is 6.04. The zero-order valence-corrected chi connectivity index (χ0v) is 17.8. The van der Waals surface area contributed by atoms with Crippen LogP contribution in [0.4, 0.5) is 0 Å². The molecule has 0 bridgehead atoms. The van der Waals surface area contributed by atoms with Crippen molar-refractivity contribution in [2.75, 3.05) is 45.9 Å². The SMILES string of the molecule is CCCCCCN(CCN1CCOCC1)C(=O)c1cc(S(N)(=O)=O)ccc1C. The van der Waals surface area contributed by atoms with Crippen LogP contribution in [0.3, 0.4) is 0 Å². The lowest BCUT2D eigenvalue weighted by atomic mass is 10.1. The van der Waals surface area contributed by atoms with Crippen LogP contribution in [0.15, 0.2) is 23.1 Å². The fraction of sp³-hybridized carbons (Fsp3) is 0.650. The maximum absolute atomic E-state index is 13.2. The van der Waals surface area contributed by atoms with Crippen LogP contribution in [0.25, 0.3) is 0 Å². The van der Waals surface area contributed by atoms with E-state index in [1.165, 1.54) is 12.1 Å². The monoisotopic (exact) mass is 411 g/mol. The van der Waals surface area contributed by atoms with Gasteiger partial charge >= 0.3 is 0 Å².